The minimum atomic E-state index is -0.948. The summed E-state index contributed by atoms with van der Waals surface area (Å²) in [5, 5.41) is 31.5. The third-order valence-corrected chi connectivity index (χ3v) is 8.27. The van der Waals surface area contributed by atoms with Gasteiger partial charge in [-0.1, -0.05) is 30.3 Å². The highest BCUT2D eigenvalue weighted by atomic mass is 16.3. The summed E-state index contributed by atoms with van der Waals surface area (Å²) >= 11 is 0. The molecule has 2 atom stereocenters. The van der Waals surface area contributed by atoms with Crippen LogP contribution in [0, 0.1) is 11.8 Å². The number of fused-ring (bicyclic) bond motifs is 1. The number of rotatable bonds is 6. The molecule has 3 aliphatic rings. The van der Waals surface area contributed by atoms with E-state index in [2.05, 4.69) is 17.0 Å². The van der Waals surface area contributed by atoms with Crippen LogP contribution in [0.2, 0.25) is 0 Å². The van der Waals surface area contributed by atoms with Crippen molar-refractivity contribution >= 4 is 17.5 Å². The molecular weight excluding hydrogens is 496 g/mol. The fourth-order valence-corrected chi connectivity index (χ4v) is 6.51. The molecule has 0 saturated carbocycles. The van der Waals surface area contributed by atoms with Crippen molar-refractivity contribution in [2.75, 3.05) is 13.1 Å². The predicted molar refractivity (Wildman–Crippen MR) is 146 cm³/mol. The van der Waals surface area contributed by atoms with Crippen LogP contribution < -0.4 is 5.73 Å². The van der Waals surface area contributed by atoms with Gasteiger partial charge in [0, 0.05) is 25.0 Å². The summed E-state index contributed by atoms with van der Waals surface area (Å²) in [6.45, 7) is 4.57. The number of allylic oxidation sites excluding steroid dienone is 3. The van der Waals surface area contributed by atoms with Crippen molar-refractivity contribution in [3.05, 3.63) is 75.8 Å². The van der Waals surface area contributed by atoms with E-state index in [1.54, 1.807) is 0 Å². The van der Waals surface area contributed by atoms with Gasteiger partial charge in [0.2, 0.25) is 0 Å². The molecule has 0 radical (unpaired) electrons. The van der Waals surface area contributed by atoms with E-state index in [0.29, 0.717) is 18.4 Å². The summed E-state index contributed by atoms with van der Waals surface area (Å²) < 4.78 is 0. The predicted octanol–water partition coefficient (Wildman–Crippen LogP) is 4.51. The number of primary amides is 1. The topological polar surface area (TPSA) is 141 Å². The lowest BCUT2D eigenvalue weighted by molar-refractivity contribution is -0.122. The van der Waals surface area contributed by atoms with Gasteiger partial charge in [0.05, 0.1) is 11.3 Å². The molecule has 5 rings (SSSR count). The molecule has 8 heteroatoms. The maximum absolute atomic E-state index is 13.7. The number of benzene rings is 2. The average Bonchev–Trinajstić information content (AvgIpc) is 3.37. The van der Waals surface area contributed by atoms with E-state index in [0.717, 1.165) is 30.8 Å². The lowest BCUT2D eigenvalue weighted by Crippen LogP contribution is -2.32. The van der Waals surface area contributed by atoms with E-state index in [4.69, 9.17) is 5.73 Å². The molecule has 1 aliphatic heterocycles. The quantitative estimate of drug-likeness (QED) is 0.245. The molecule has 1 saturated heterocycles. The van der Waals surface area contributed by atoms with Gasteiger partial charge in [-0.2, -0.15) is 0 Å². The molecule has 1 amide bonds. The van der Waals surface area contributed by atoms with Crippen LogP contribution in [0.25, 0.3) is 11.1 Å². The second-order valence-electron chi connectivity index (χ2n) is 11.0. The second-order valence-corrected chi connectivity index (χ2v) is 11.0. The van der Waals surface area contributed by atoms with Gasteiger partial charge in [-0.3, -0.25) is 19.3 Å². The van der Waals surface area contributed by atoms with Gasteiger partial charge in [-0.25, -0.2) is 0 Å². The third kappa shape index (κ3) is 5.21. The summed E-state index contributed by atoms with van der Waals surface area (Å²) in [6.07, 6.45) is 3.27. The number of amides is 1. The number of phenolic OH excluding ortho intramolecular Hbond substituents is 1. The van der Waals surface area contributed by atoms with E-state index in [-0.39, 0.29) is 52.7 Å². The first kappa shape index (κ1) is 26.7. The van der Waals surface area contributed by atoms with E-state index in [1.807, 2.05) is 18.2 Å². The van der Waals surface area contributed by atoms with Crippen LogP contribution in [-0.4, -0.2) is 50.8 Å². The molecule has 39 heavy (non-hydrogen) atoms. The number of hydrogen-bond donors (Lipinski definition) is 4. The minimum absolute atomic E-state index is 0.0169. The van der Waals surface area contributed by atoms with Gasteiger partial charge in [0.15, 0.2) is 11.6 Å². The van der Waals surface area contributed by atoms with Crippen molar-refractivity contribution < 1.29 is 29.7 Å². The molecule has 2 aromatic carbocycles. The molecule has 1 fully saturated rings. The standard InChI is InChI=1S/C31H34N2O6/c1-17(34)27-21(12-19-13-25(36)29(31(32)39)26(37)14-19)15-23-22(8-9-24(35)28(23)30(27)38)20-6-4-18(5-7-20)16-33-10-2-3-11-33/h4-9,19,21,34-36H,2-3,10-16H2,1H3,(H2,32,39)/b27-17-. The zero-order valence-corrected chi connectivity index (χ0v) is 22.1. The molecule has 1 heterocycles. The summed E-state index contributed by atoms with van der Waals surface area (Å²) in [4.78, 5) is 40.2. The number of carbonyl (C=O) groups is 3. The molecule has 5 N–H and O–H groups in total. The number of phenols is 1. The number of nitrogens with zero attached hydrogens (tertiary/aromatic N) is 1. The van der Waals surface area contributed by atoms with Crippen molar-refractivity contribution in [1.82, 2.24) is 4.90 Å². The van der Waals surface area contributed by atoms with Gasteiger partial charge >= 0.3 is 0 Å². The summed E-state index contributed by atoms with van der Waals surface area (Å²) in [5.74, 6) is -3.28. The van der Waals surface area contributed by atoms with Gasteiger partial charge in [0.1, 0.15) is 17.1 Å². The number of ketones is 2. The first-order valence-electron chi connectivity index (χ1n) is 13.5. The Hall–Kier alpha value is -3.91. The fraction of sp³-hybridized carbons (Fsp3) is 0.387. The van der Waals surface area contributed by atoms with Gasteiger partial charge in [0.25, 0.3) is 5.91 Å². The first-order valence-corrected chi connectivity index (χ1v) is 13.5. The Morgan fingerprint density at radius 3 is 2.31 bits per heavy atom. The monoisotopic (exact) mass is 530 g/mol. The SMILES string of the molecule is C/C(O)=C1/C(=O)c2c(O)ccc(-c3ccc(CN4CCCC4)cc3)c2CC1CC1CC(=O)C(C(N)=O)=C(O)C1. The number of likely N-dealkylation sites (tertiary alicyclic amines) is 1. The number of aliphatic hydroxyl groups is 2. The molecular formula is C31H34N2O6. The zero-order valence-electron chi connectivity index (χ0n) is 22.1. The number of aliphatic hydroxyl groups excluding tert-OH is 2. The highest BCUT2D eigenvalue weighted by molar-refractivity contribution is 6.19. The number of carbonyl (C=O) groups excluding carboxylic acids is 3. The third-order valence-electron chi connectivity index (χ3n) is 8.27. The molecule has 2 aromatic rings. The Morgan fingerprint density at radius 1 is 1.00 bits per heavy atom. The van der Waals surface area contributed by atoms with Crippen LogP contribution in [0.15, 0.2) is 59.1 Å². The molecule has 0 bridgehead atoms. The Bertz CT molecular complexity index is 1390. The zero-order chi connectivity index (χ0) is 27.8. The molecule has 2 aliphatic carbocycles. The maximum atomic E-state index is 13.7. The Morgan fingerprint density at radius 2 is 1.69 bits per heavy atom. The van der Waals surface area contributed by atoms with E-state index in [1.165, 1.54) is 31.4 Å². The van der Waals surface area contributed by atoms with Crippen LogP contribution in [0.1, 0.15) is 60.5 Å². The lowest BCUT2D eigenvalue weighted by atomic mass is 9.70. The Kier molecular flexibility index (Phi) is 7.32. The normalized spacial score (nSPS) is 23.2. The Labute approximate surface area is 227 Å². The largest absolute Gasteiger partial charge is 0.512 e. The number of aromatic hydroxyl groups is 1. The van der Waals surface area contributed by atoms with Crippen molar-refractivity contribution in [1.29, 1.82) is 0 Å². The van der Waals surface area contributed by atoms with E-state index >= 15 is 0 Å². The highest BCUT2D eigenvalue weighted by Gasteiger charge is 2.39. The maximum Gasteiger partial charge on any atom is 0.255 e. The summed E-state index contributed by atoms with van der Waals surface area (Å²) in [7, 11) is 0. The van der Waals surface area contributed by atoms with Crippen LogP contribution in [0.4, 0.5) is 0 Å². The minimum Gasteiger partial charge on any atom is -0.512 e. The Balaban J connectivity index is 1.47. The number of Topliss-reactive ketones (excluding diaryl/α,β-unsaturated/α-hetero) is 2. The fourth-order valence-electron chi connectivity index (χ4n) is 6.51. The molecule has 0 aromatic heterocycles. The van der Waals surface area contributed by atoms with Crippen molar-refractivity contribution in [3.8, 4) is 16.9 Å². The number of hydrogen-bond acceptors (Lipinski definition) is 7. The van der Waals surface area contributed by atoms with Crippen LogP contribution >= 0.6 is 0 Å². The van der Waals surface area contributed by atoms with Crippen molar-refractivity contribution in [3.63, 3.8) is 0 Å². The highest BCUT2D eigenvalue weighted by Crippen LogP contribution is 2.44. The molecule has 0 spiro atoms. The van der Waals surface area contributed by atoms with E-state index in [9.17, 15) is 29.7 Å². The summed E-state index contributed by atoms with van der Waals surface area (Å²) in [6, 6.07) is 11.6. The molecule has 2 unspecified atom stereocenters. The average molecular weight is 531 g/mol. The first-order chi connectivity index (χ1) is 18.6. The van der Waals surface area contributed by atoms with Gasteiger partial charge < -0.3 is 21.1 Å². The van der Waals surface area contributed by atoms with Gasteiger partial charge in [-0.05, 0) is 85.9 Å². The number of nitrogens with two attached hydrogens (primary N) is 1. The van der Waals surface area contributed by atoms with Crippen molar-refractivity contribution in [2.45, 2.75) is 52.0 Å². The van der Waals surface area contributed by atoms with Crippen LogP contribution in [0.3, 0.4) is 0 Å². The smallest absolute Gasteiger partial charge is 0.255 e. The van der Waals surface area contributed by atoms with Crippen molar-refractivity contribution in [2.24, 2.45) is 17.6 Å². The van der Waals surface area contributed by atoms with E-state index < -0.39 is 23.4 Å². The van der Waals surface area contributed by atoms with Gasteiger partial charge in [-0.15, -0.1) is 0 Å². The molecule has 204 valence electrons. The molecule has 8 nitrogen and oxygen atoms in total. The second kappa shape index (κ2) is 10.7. The lowest BCUT2D eigenvalue weighted by Gasteiger charge is -2.32. The summed E-state index contributed by atoms with van der Waals surface area (Å²) in [5.41, 5.74) is 8.96. The van der Waals surface area contributed by atoms with Crippen LogP contribution in [0.5, 0.6) is 5.75 Å². The van der Waals surface area contributed by atoms with Crippen LogP contribution in [-0.2, 0) is 22.6 Å².